The maximum Gasteiger partial charge on any atom is 0.143 e. The van der Waals surface area contributed by atoms with Crippen molar-refractivity contribution in [3.8, 4) is 22.5 Å². The van der Waals surface area contributed by atoms with Gasteiger partial charge < -0.3 is 28.3 Å². The van der Waals surface area contributed by atoms with Gasteiger partial charge in [0.15, 0.2) is 0 Å². The van der Waals surface area contributed by atoms with Gasteiger partial charge in [-0.25, -0.2) is 0 Å². The van der Waals surface area contributed by atoms with Gasteiger partial charge in [0.2, 0.25) is 0 Å². The number of fused-ring (bicyclic) bond motifs is 37. The molecule has 684 valence electrons. The lowest BCUT2D eigenvalue weighted by Gasteiger charge is -2.27. The van der Waals surface area contributed by atoms with E-state index in [2.05, 4.69) is 547 Å². The minimum absolute atomic E-state index is 0.0609. The Morgan fingerprint density at radius 3 is 1.13 bits per heavy atom. The number of furan rings is 1. The number of anilines is 9. The van der Waals surface area contributed by atoms with Gasteiger partial charge in [0.05, 0.1) is 33.4 Å². The van der Waals surface area contributed by atoms with E-state index in [-0.39, 0.29) is 5.41 Å². The zero-order valence-electron chi connectivity index (χ0n) is 80.1. The third kappa shape index (κ3) is 13.2. The zero-order chi connectivity index (χ0) is 96.3. The van der Waals surface area contributed by atoms with Crippen molar-refractivity contribution in [3.05, 3.63) is 527 Å². The third-order valence-corrected chi connectivity index (χ3v) is 32.0. The van der Waals surface area contributed by atoms with Crippen LogP contribution in [0.2, 0.25) is 0 Å². The fourth-order valence-corrected chi connectivity index (χ4v) is 25.8. The molecule has 0 saturated carbocycles. The molecule has 146 heavy (non-hydrogen) atoms. The molecule has 4 aromatic heterocycles. The predicted octanol–water partition coefficient (Wildman–Crippen LogP) is 39.8. The Balaban J connectivity index is 0.000000104. The first-order chi connectivity index (χ1) is 72.3. The molecule has 1 aliphatic rings. The van der Waals surface area contributed by atoms with Gasteiger partial charge in [0.1, 0.15) is 11.2 Å². The Morgan fingerprint density at radius 1 is 0.219 bits per heavy atom. The van der Waals surface area contributed by atoms with Crippen LogP contribution in [-0.4, -0.2) is 9.13 Å². The molecule has 0 atom stereocenters. The molecule has 0 radical (unpaired) electrons. The van der Waals surface area contributed by atoms with E-state index in [1.54, 1.807) is 0 Å². The van der Waals surface area contributed by atoms with Gasteiger partial charge in [-0.1, -0.05) is 366 Å². The highest BCUT2D eigenvalue weighted by Crippen LogP contribution is 2.58. The van der Waals surface area contributed by atoms with Crippen molar-refractivity contribution in [3.63, 3.8) is 0 Å². The minimum Gasteiger partial charge on any atom is -0.455 e. The molecule has 31 rings (SSSR count). The predicted molar refractivity (Wildman–Crippen MR) is 625 cm³/mol. The summed E-state index contributed by atoms with van der Waals surface area (Å²) in [5.41, 5.74) is 24.7. The molecule has 0 unspecified atom stereocenters. The van der Waals surface area contributed by atoms with Gasteiger partial charge in [-0.15, -0.1) is 11.3 Å². The van der Waals surface area contributed by atoms with E-state index in [9.17, 15) is 0 Å². The highest BCUT2D eigenvalue weighted by molar-refractivity contribution is 7.27. The molecule has 0 bridgehead atoms. The first-order valence-corrected chi connectivity index (χ1v) is 51.2. The second kappa shape index (κ2) is 33.8. The van der Waals surface area contributed by atoms with E-state index < -0.39 is 0 Å². The van der Waals surface area contributed by atoms with Crippen LogP contribution in [0, 0.1) is 0 Å². The highest BCUT2D eigenvalue weighted by Gasteiger charge is 2.39. The van der Waals surface area contributed by atoms with Crippen LogP contribution in [0.1, 0.15) is 25.0 Å². The summed E-state index contributed by atoms with van der Waals surface area (Å²) in [6.45, 7) is 4.77. The number of thiophene rings is 1. The van der Waals surface area contributed by atoms with E-state index >= 15 is 0 Å². The fraction of sp³-hybridized carbons (Fsp3) is 0.0216. The van der Waals surface area contributed by atoms with Crippen LogP contribution < -0.4 is 14.7 Å². The lowest BCUT2D eigenvalue weighted by molar-refractivity contribution is 0.666. The Morgan fingerprint density at radius 2 is 0.582 bits per heavy atom. The van der Waals surface area contributed by atoms with Gasteiger partial charge >= 0.3 is 0 Å². The number of nitrogens with zero attached hydrogens (tertiary/aromatic N) is 5. The molecule has 7 heteroatoms. The van der Waals surface area contributed by atoms with Gasteiger partial charge in [0.25, 0.3) is 0 Å². The van der Waals surface area contributed by atoms with E-state index in [0.29, 0.717) is 0 Å². The van der Waals surface area contributed by atoms with Crippen molar-refractivity contribution in [2.45, 2.75) is 19.3 Å². The molecule has 0 N–H and O–H groups in total. The van der Waals surface area contributed by atoms with Gasteiger partial charge in [-0.3, -0.25) is 0 Å². The Bertz CT molecular complexity index is 10200. The molecular weight excluding hydrogens is 1790 g/mol. The smallest absolute Gasteiger partial charge is 0.143 e. The lowest BCUT2D eigenvalue weighted by atomic mass is 9.79. The van der Waals surface area contributed by atoms with Crippen LogP contribution >= 0.6 is 11.3 Å². The quantitative estimate of drug-likeness (QED) is 0.121. The minimum atomic E-state index is -0.0609. The van der Waals surface area contributed by atoms with E-state index in [4.69, 9.17) is 4.42 Å². The summed E-state index contributed by atoms with van der Waals surface area (Å²) in [7, 11) is 0. The van der Waals surface area contributed by atoms with Crippen LogP contribution in [0.3, 0.4) is 0 Å². The van der Waals surface area contributed by atoms with Crippen molar-refractivity contribution in [1.29, 1.82) is 0 Å². The van der Waals surface area contributed by atoms with E-state index in [1.807, 2.05) is 17.4 Å². The van der Waals surface area contributed by atoms with Crippen molar-refractivity contribution in [2.24, 2.45) is 0 Å². The molecule has 0 amide bonds. The standard InChI is InChI=1S/C48H30N2O.C48H30N2S.C43H31N/c2*1-3-14-32(15-4-1)49(42-23-13-24-43-47(42)38-20-9-11-22-41(38)50(43)33-16-5-2-6-17-33)34-27-29-35-31(30-34)26-28-40-45(35)36-18-7-8-19-37(36)46-39-21-10-12-25-44(39)51-48(40)46;1-43(2)39-19-11-10-18-37(39)41-38-24-21-30-27-33(23-25-34(30)40(38)35-16-8-9-17-36(35)42(41)43)44(31-14-4-3-5-15-31)32-22-20-28-12-6-7-13-29(28)26-32/h2*1-30H;3-27H,1-2H3. The molecular formula is C139H91N5OS. The van der Waals surface area contributed by atoms with Crippen molar-refractivity contribution < 1.29 is 4.42 Å². The van der Waals surface area contributed by atoms with Crippen LogP contribution in [-0.2, 0) is 5.41 Å². The second-order valence-electron chi connectivity index (χ2n) is 39.1. The largest absolute Gasteiger partial charge is 0.455 e. The molecule has 0 spiro atoms. The first-order valence-electron chi connectivity index (χ1n) is 50.3. The average molecular weight is 1880 g/mol. The molecule has 26 aromatic carbocycles. The zero-order valence-corrected chi connectivity index (χ0v) is 80.9. The monoisotopic (exact) mass is 1880 g/mol. The highest BCUT2D eigenvalue weighted by atomic mass is 32.1. The van der Waals surface area contributed by atoms with Gasteiger partial charge in [-0.05, 0) is 278 Å². The summed E-state index contributed by atoms with van der Waals surface area (Å²) < 4.78 is 14.1. The van der Waals surface area contributed by atoms with Crippen LogP contribution in [0.25, 0.3) is 216 Å². The molecule has 30 aromatic rings. The van der Waals surface area contributed by atoms with E-state index in [1.165, 1.54) is 194 Å². The summed E-state index contributed by atoms with van der Waals surface area (Å²) in [5, 5.41) is 35.3. The average Bonchev–Trinajstić information content (AvgIpc) is 1.52. The number of aromatic nitrogens is 2. The Labute approximate surface area is 846 Å². The van der Waals surface area contributed by atoms with E-state index in [0.717, 1.165) is 84.5 Å². The summed E-state index contributed by atoms with van der Waals surface area (Å²) >= 11 is 1.91. The molecule has 0 aliphatic heterocycles. The maximum absolute atomic E-state index is 6.60. The van der Waals surface area contributed by atoms with Crippen LogP contribution in [0.15, 0.2) is 520 Å². The summed E-state index contributed by atoms with van der Waals surface area (Å²) in [4.78, 5) is 7.21. The maximum atomic E-state index is 6.60. The number of hydrogen-bond acceptors (Lipinski definition) is 5. The van der Waals surface area contributed by atoms with Gasteiger partial charge in [0, 0.05) is 125 Å². The van der Waals surface area contributed by atoms with Crippen LogP contribution in [0.5, 0.6) is 0 Å². The topological polar surface area (TPSA) is 32.7 Å². The lowest BCUT2D eigenvalue weighted by Crippen LogP contribution is -2.15. The molecule has 0 fully saturated rings. The summed E-state index contributed by atoms with van der Waals surface area (Å²) in [5.74, 6) is 0. The van der Waals surface area contributed by atoms with Crippen LogP contribution in [0.4, 0.5) is 51.2 Å². The van der Waals surface area contributed by atoms with Gasteiger partial charge in [-0.2, -0.15) is 0 Å². The van der Waals surface area contributed by atoms with Crippen molar-refractivity contribution in [2.75, 3.05) is 14.7 Å². The number of rotatable bonds is 11. The normalized spacial score (nSPS) is 12.4. The first kappa shape index (κ1) is 84.2. The molecule has 4 heterocycles. The van der Waals surface area contributed by atoms with Crippen molar-refractivity contribution in [1.82, 2.24) is 9.13 Å². The second-order valence-corrected chi connectivity index (χ2v) is 40.2. The number of hydrogen-bond donors (Lipinski definition) is 0. The number of para-hydroxylation sites is 8. The summed E-state index contributed by atoms with van der Waals surface area (Å²) in [6, 6.07) is 188. The molecule has 6 nitrogen and oxygen atoms in total. The third-order valence-electron chi connectivity index (χ3n) is 30.8. The Hall–Kier alpha value is -18.7. The molecule has 0 saturated heterocycles. The Kier molecular flexibility index (Phi) is 19.5. The summed E-state index contributed by atoms with van der Waals surface area (Å²) in [6.07, 6.45) is 0. The fourth-order valence-electron chi connectivity index (χ4n) is 24.6. The molecule has 1 aliphatic carbocycles. The SMILES string of the molecule is CC1(C)c2ccccc2-c2c1c1ccccc1c1c2ccc2cc(N(c3ccccc3)c3ccc4ccccc4c3)ccc21.c1ccc(N(c2ccc3c(ccc4c5oc6ccccc6c5c5ccccc5c34)c2)c2cccc3c2c2ccccc2n3-c2ccccc2)cc1.c1ccc(N(c2ccc3c(ccc4c5sc6ccccc6c5c5ccccc5c34)c2)c2cccc3c2c2ccccc2n3-c2ccccc2)cc1. The van der Waals surface area contributed by atoms with Crippen molar-refractivity contribution >= 4 is 256 Å². The number of benzene rings is 26.